The van der Waals surface area contributed by atoms with Crippen LogP contribution in [0.1, 0.15) is 60.8 Å². The zero-order valence-electron chi connectivity index (χ0n) is 28.2. The van der Waals surface area contributed by atoms with Gasteiger partial charge in [-0.25, -0.2) is 9.55 Å². The molecule has 48 heavy (non-hydrogen) atoms. The van der Waals surface area contributed by atoms with Gasteiger partial charge in [0.1, 0.15) is 30.8 Å². The summed E-state index contributed by atoms with van der Waals surface area (Å²) in [7, 11) is -4.29. The van der Waals surface area contributed by atoms with E-state index in [0.29, 0.717) is 18.4 Å². The number of rotatable bonds is 17. The van der Waals surface area contributed by atoms with Crippen LogP contribution in [0.25, 0.3) is 17.4 Å². The van der Waals surface area contributed by atoms with Gasteiger partial charge in [0, 0.05) is 6.20 Å². The van der Waals surface area contributed by atoms with Crippen molar-refractivity contribution in [3.05, 3.63) is 52.6 Å². The molecule has 1 saturated carbocycles. The molecule has 5 atom stereocenters. The minimum absolute atomic E-state index is 0.0814. The average molecular weight is 688 g/mol. The molecular formula is C32H46N7O8P. The van der Waals surface area contributed by atoms with Gasteiger partial charge in [-0.3, -0.25) is 28.5 Å². The Kier molecular flexibility index (Phi) is 11.8. The molecule has 2 heterocycles. The number of nitrogens with one attached hydrogen (secondary N) is 2. The van der Waals surface area contributed by atoms with Crippen LogP contribution in [0.2, 0.25) is 0 Å². The number of carbonyl (C=O) groups excluding carboxylic acids is 2. The molecule has 0 saturated heterocycles. The van der Waals surface area contributed by atoms with Crippen LogP contribution in [0.15, 0.2) is 47.0 Å². The van der Waals surface area contributed by atoms with E-state index in [4.69, 9.17) is 30.0 Å². The minimum atomic E-state index is -4.29. The van der Waals surface area contributed by atoms with Gasteiger partial charge in [-0.15, -0.1) is 0 Å². The Morgan fingerprint density at radius 3 is 2.48 bits per heavy atom. The number of nitrogens with two attached hydrogens (primary N) is 2. The van der Waals surface area contributed by atoms with Crippen molar-refractivity contribution < 1.29 is 32.7 Å². The molecule has 4 rings (SSSR count). The maximum absolute atomic E-state index is 14.5. The number of nitrogen functional groups attached to an aromatic ring is 1. The zero-order valence-corrected chi connectivity index (χ0v) is 29.1. The molecule has 0 radical (unpaired) electrons. The molecule has 1 aliphatic rings. The van der Waals surface area contributed by atoms with E-state index in [0.717, 1.165) is 6.42 Å². The molecule has 0 amide bonds. The number of nitrogens with zero attached hydrogens (tertiary/aromatic N) is 3. The summed E-state index contributed by atoms with van der Waals surface area (Å²) < 4.78 is 39.3. The first-order valence-electron chi connectivity index (χ1n) is 16.0. The van der Waals surface area contributed by atoms with E-state index in [1.807, 2.05) is 6.92 Å². The monoisotopic (exact) mass is 687 g/mol. The van der Waals surface area contributed by atoms with Crippen LogP contribution in [-0.2, 0) is 28.2 Å². The maximum Gasteiger partial charge on any atom is 0.459 e. The summed E-state index contributed by atoms with van der Waals surface area (Å²) >= 11 is 0. The highest BCUT2D eigenvalue weighted by Gasteiger charge is 2.53. The number of anilines is 1. The average Bonchev–Trinajstić information content (AvgIpc) is 3.56. The summed E-state index contributed by atoms with van der Waals surface area (Å²) in [5.74, 6) is -1.53. The largest absolute Gasteiger partial charge is 0.463 e. The molecule has 2 aromatic heterocycles. The second-order valence-electron chi connectivity index (χ2n) is 12.8. The summed E-state index contributed by atoms with van der Waals surface area (Å²) in [5, 5.41) is 2.83. The first-order chi connectivity index (χ1) is 22.7. The second kappa shape index (κ2) is 15.5. The van der Waals surface area contributed by atoms with Gasteiger partial charge >= 0.3 is 19.7 Å². The number of hydrogen-bond acceptors (Lipinski definition) is 12. The highest BCUT2D eigenvalue weighted by molar-refractivity contribution is 7.52. The van der Waals surface area contributed by atoms with Gasteiger partial charge in [0.15, 0.2) is 11.2 Å². The van der Waals surface area contributed by atoms with Crippen LogP contribution in [0.5, 0.6) is 5.75 Å². The van der Waals surface area contributed by atoms with Gasteiger partial charge < -0.3 is 25.5 Å². The third-order valence-electron chi connectivity index (χ3n) is 8.02. The van der Waals surface area contributed by atoms with Crippen molar-refractivity contribution >= 4 is 43.0 Å². The van der Waals surface area contributed by atoms with Gasteiger partial charge in [-0.2, -0.15) is 10.1 Å². The smallest absolute Gasteiger partial charge is 0.459 e. The Bertz CT molecular complexity index is 1720. The first-order valence-corrected chi connectivity index (χ1v) is 17.5. The lowest BCUT2D eigenvalue weighted by molar-refractivity contribution is -0.152. The summed E-state index contributed by atoms with van der Waals surface area (Å²) in [4.78, 5) is 49.1. The number of aromatic amines is 1. The number of esters is 2. The van der Waals surface area contributed by atoms with E-state index < -0.39 is 42.7 Å². The van der Waals surface area contributed by atoms with E-state index in [2.05, 4.69) is 20.0 Å². The number of ether oxygens (including phenoxy) is 2. The van der Waals surface area contributed by atoms with Crippen molar-refractivity contribution in [2.45, 2.75) is 79.0 Å². The zero-order chi connectivity index (χ0) is 35.2. The minimum Gasteiger partial charge on any atom is -0.463 e. The highest BCUT2D eigenvalue weighted by Crippen LogP contribution is 2.57. The molecule has 16 heteroatoms. The van der Waals surface area contributed by atoms with E-state index in [-0.39, 0.29) is 54.0 Å². The van der Waals surface area contributed by atoms with E-state index in [1.165, 1.54) is 10.9 Å². The van der Waals surface area contributed by atoms with Crippen LogP contribution in [-0.4, -0.2) is 62.9 Å². The normalized spacial score (nSPS) is 20.0. The van der Waals surface area contributed by atoms with Crippen molar-refractivity contribution in [3.63, 3.8) is 0 Å². The number of benzene rings is 1. The fourth-order valence-electron chi connectivity index (χ4n) is 4.92. The standard InChI is InChI=1S/C32H46N7O8P/c1-7-11-21(6)46-30(42)25(20(4)5)38-48(43,47-23-12-9-8-10-13-23)45-17-32(16-44-29(41)24(33)19(2)3)14-22(32)15-39-18-35-26-27(39)36-31(34)37-28(26)40/h8-10,12-13,15,18-21,24-25H,7,11,14,16-17,33H2,1-6H3,(H,38,43)(H3,34,36,37,40)/b22-15-/t21-,24+,25-,32-,48-/m0/s1. The molecule has 1 fully saturated rings. The number of imidazole rings is 1. The lowest BCUT2D eigenvalue weighted by Crippen LogP contribution is -2.43. The molecule has 0 bridgehead atoms. The molecule has 1 aromatic carbocycles. The number of para-hydroxylation sites is 1. The number of carbonyl (C=O) groups is 2. The van der Waals surface area contributed by atoms with E-state index in [1.54, 1.807) is 71.2 Å². The number of hydrogen-bond donors (Lipinski definition) is 4. The van der Waals surface area contributed by atoms with Crippen molar-refractivity contribution in [1.29, 1.82) is 0 Å². The third-order valence-corrected chi connectivity index (χ3v) is 9.54. The van der Waals surface area contributed by atoms with E-state index in [9.17, 15) is 18.9 Å². The van der Waals surface area contributed by atoms with Crippen molar-refractivity contribution in [1.82, 2.24) is 24.6 Å². The molecule has 262 valence electrons. The molecule has 6 N–H and O–H groups in total. The van der Waals surface area contributed by atoms with Gasteiger partial charge in [0.05, 0.1) is 18.1 Å². The summed E-state index contributed by atoms with van der Waals surface area (Å²) in [6.45, 7) is 10.6. The second-order valence-corrected chi connectivity index (χ2v) is 14.5. The SMILES string of the molecule is CCC[C@H](C)OC(=O)[C@@H](N[P@](=O)(OC[C@@]1(COC(=O)[C@H](N)C(C)C)C/C1=C/n1cnc2c(=O)[nH]c(N)nc21)Oc1ccccc1)C(C)C. The molecular weight excluding hydrogens is 641 g/mol. The van der Waals surface area contributed by atoms with Crippen LogP contribution < -0.4 is 26.6 Å². The predicted molar refractivity (Wildman–Crippen MR) is 181 cm³/mol. The fourth-order valence-corrected chi connectivity index (χ4v) is 6.66. The van der Waals surface area contributed by atoms with Gasteiger partial charge in [0.2, 0.25) is 5.95 Å². The van der Waals surface area contributed by atoms with Crippen LogP contribution in [0.4, 0.5) is 5.95 Å². The maximum atomic E-state index is 14.5. The predicted octanol–water partition coefficient (Wildman–Crippen LogP) is 4.01. The Labute approximate surface area is 279 Å². The summed E-state index contributed by atoms with van der Waals surface area (Å²) in [5.41, 5.74) is 11.4. The number of H-pyrrole nitrogens is 1. The highest BCUT2D eigenvalue weighted by atomic mass is 31.2. The van der Waals surface area contributed by atoms with Crippen LogP contribution in [0, 0.1) is 17.3 Å². The van der Waals surface area contributed by atoms with Crippen molar-refractivity contribution in [2.24, 2.45) is 23.0 Å². The summed E-state index contributed by atoms with van der Waals surface area (Å²) in [6, 6.07) is 6.54. The lowest BCUT2D eigenvalue weighted by atomic mass is 10.1. The van der Waals surface area contributed by atoms with Crippen molar-refractivity contribution in [3.8, 4) is 5.75 Å². The molecule has 0 spiro atoms. The molecule has 0 unspecified atom stereocenters. The van der Waals surface area contributed by atoms with Gasteiger partial charge in [-0.1, -0.05) is 59.2 Å². The Morgan fingerprint density at radius 2 is 1.83 bits per heavy atom. The van der Waals surface area contributed by atoms with Crippen molar-refractivity contribution in [2.75, 3.05) is 18.9 Å². The van der Waals surface area contributed by atoms with E-state index >= 15 is 0 Å². The molecule has 1 aliphatic carbocycles. The van der Waals surface area contributed by atoms with Crippen LogP contribution >= 0.6 is 7.75 Å². The quantitative estimate of drug-likeness (QED) is 0.117. The Balaban J connectivity index is 1.65. The lowest BCUT2D eigenvalue weighted by Gasteiger charge is -2.28. The third kappa shape index (κ3) is 9.10. The molecule has 0 aliphatic heterocycles. The summed E-state index contributed by atoms with van der Waals surface area (Å²) in [6.07, 6.45) is 4.60. The van der Waals surface area contributed by atoms with Gasteiger partial charge in [-0.05, 0) is 49.3 Å². The van der Waals surface area contributed by atoms with Gasteiger partial charge in [0.25, 0.3) is 5.56 Å². The number of fused-ring (bicyclic) bond motifs is 1. The van der Waals surface area contributed by atoms with Crippen LogP contribution in [0.3, 0.4) is 0 Å². The first kappa shape index (κ1) is 36.8. The topological polar surface area (TPSA) is 216 Å². The molecule has 3 aromatic rings. The molecule has 15 nitrogen and oxygen atoms in total. The Hall–Kier alpha value is -4.04. The Morgan fingerprint density at radius 1 is 1.12 bits per heavy atom. The fraction of sp³-hybridized carbons (Fsp3) is 0.531. The number of aromatic nitrogens is 4.